The van der Waals surface area contributed by atoms with Gasteiger partial charge in [0.1, 0.15) is 0 Å². The molecule has 0 aliphatic heterocycles. The SMILES string of the molecule is N#CN[PH](O)(O)O. The monoisotopic (exact) mass is 124 g/mol. The van der Waals surface area contributed by atoms with E-state index in [9.17, 15) is 0 Å². The van der Waals surface area contributed by atoms with Crippen LogP contribution in [0.4, 0.5) is 0 Å². The average Bonchev–Trinajstić information content (AvgIpc) is 1.30. The third-order valence-electron chi connectivity index (χ3n) is 0.224. The molecule has 4 N–H and O–H groups in total. The van der Waals surface area contributed by atoms with Gasteiger partial charge < -0.3 is 0 Å². The summed E-state index contributed by atoms with van der Waals surface area (Å²) >= 11 is 0. The topological polar surface area (TPSA) is 96.5 Å². The molecule has 7 heavy (non-hydrogen) atoms. The molecule has 5 nitrogen and oxygen atoms in total. The predicted molar refractivity (Wildman–Crippen MR) is 23.7 cm³/mol. The summed E-state index contributed by atoms with van der Waals surface area (Å²) in [5.74, 6) is 0. The number of hydrogen-bond donors (Lipinski definition) is 4. The van der Waals surface area contributed by atoms with Gasteiger partial charge in [0.25, 0.3) is 0 Å². The molecule has 0 aromatic heterocycles. The van der Waals surface area contributed by atoms with Crippen LogP contribution in [0.25, 0.3) is 0 Å². The molecule has 0 saturated carbocycles. The fourth-order valence-electron chi connectivity index (χ4n) is 0.0750. The van der Waals surface area contributed by atoms with E-state index in [0.717, 1.165) is 0 Å². The zero-order valence-corrected chi connectivity index (χ0v) is 4.29. The van der Waals surface area contributed by atoms with E-state index < -0.39 is 8.09 Å². The fourth-order valence-corrected chi connectivity index (χ4v) is 0.225. The van der Waals surface area contributed by atoms with Crippen molar-refractivity contribution in [3.63, 3.8) is 0 Å². The fraction of sp³-hybridized carbons (Fsp3) is 0. The van der Waals surface area contributed by atoms with Crippen LogP contribution >= 0.6 is 8.09 Å². The molecule has 0 aromatic carbocycles. The summed E-state index contributed by atoms with van der Waals surface area (Å²) in [6, 6.07) is 0. The Morgan fingerprint density at radius 2 is 1.86 bits per heavy atom. The van der Waals surface area contributed by atoms with Crippen molar-refractivity contribution in [2.75, 3.05) is 0 Å². The molecule has 0 atom stereocenters. The summed E-state index contributed by atoms with van der Waals surface area (Å²) in [5, 5.41) is 8.99. The standard InChI is InChI=1S/CH5N2O3P/c2-1-3-7(4,5)6/h3-7H. The molecule has 0 radical (unpaired) electrons. The Morgan fingerprint density at radius 3 is 1.86 bits per heavy atom. The Hall–Kier alpha value is -0.400. The third-order valence-corrected chi connectivity index (χ3v) is 0.671. The molecule has 0 heterocycles. The number of nitriles is 1. The first-order valence-corrected chi connectivity index (χ1v) is 3.24. The van der Waals surface area contributed by atoms with Gasteiger partial charge in [-0.05, 0) is 0 Å². The van der Waals surface area contributed by atoms with Gasteiger partial charge in [-0.1, -0.05) is 0 Å². The minimum absolute atomic E-state index is 1.17. The van der Waals surface area contributed by atoms with Gasteiger partial charge in [-0.15, -0.1) is 0 Å². The molecule has 0 bridgehead atoms. The Bertz CT molecular complexity index is 90.1. The van der Waals surface area contributed by atoms with E-state index in [4.69, 9.17) is 19.9 Å². The van der Waals surface area contributed by atoms with Crippen LogP contribution < -0.4 is 5.09 Å². The quantitative estimate of drug-likeness (QED) is 0.192. The van der Waals surface area contributed by atoms with Crippen molar-refractivity contribution in [1.82, 2.24) is 5.09 Å². The maximum atomic E-state index is 7.93. The molecule has 42 valence electrons. The first kappa shape index (κ1) is 6.60. The number of nitrogens with one attached hydrogen (secondary N) is 1. The number of nitrogens with zero attached hydrogens (tertiary/aromatic N) is 1. The van der Waals surface area contributed by atoms with Gasteiger partial charge in [-0.2, -0.15) is 0 Å². The van der Waals surface area contributed by atoms with Crippen LogP contribution in [0.5, 0.6) is 0 Å². The van der Waals surface area contributed by atoms with Crippen molar-refractivity contribution in [2.24, 2.45) is 0 Å². The van der Waals surface area contributed by atoms with Crippen molar-refractivity contribution < 1.29 is 14.7 Å². The molecule has 0 spiro atoms. The van der Waals surface area contributed by atoms with E-state index in [-0.39, 0.29) is 0 Å². The van der Waals surface area contributed by atoms with Crippen molar-refractivity contribution >= 4 is 8.09 Å². The third kappa shape index (κ3) is 5.60. The summed E-state index contributed by atoms with van der Waals surface area (Å²) in [5.41, 5.74) is 0. The van der Waals surface area contributed by atoms with Crippen molar-refractivity contribution in [1.29, 1.82) is 5.26 Å². The summed E-state index contributed by atoms with van der Waals surface area (Å²) in [7, 11) is -4.27. The Balaban J connectivity index is 3.40. The van der Waals surface area contributed by atoms with E-state index in [0.29, 0.717) is 0 Å². The van der Waals surface area contributed by atoms with E-state index in [2.05, 4.69) is 0 Å². The maximum absolute atomic E-state index is 7.93. The molecular formula is CH5N2O3P. The number of rotatable bonds is 1. The van der Waals surface area contributed by atoms with Crippen molar-refractivity contribution in [3.8, 4) is 6.19 Å². The van der Waals surface area contributed by atoms with Crippen LogP contribution in [-0.4, -0.2) is 14.7 Å². The molecule has 0 amide bonds. The van der Waals surface area contributed by atoms with Crippen molar-refractivity contribution in [2.45, 2.75) is 0 Å². The van der Waals surface area contributed by atoms with E-state index in [1.807, 2.05) is 0 Å². The van der Waals surface area contributed by atoms with Gasteiger partial charge in [0.05, 0.1) is 0 Å². The van der Waals surface area contributed by atoms with Gasteiger partial charge >= 0.3 is 39.3 Å². The molecule has 0 saturated heterocycles. The van der Waals surface area contributed by atoms with Gasteiger partial charge in [-0.3, -0.25) is 0 Å². The average molecular weight is 124 g/mol. The van der Waals surface area contributed by atoms with Crippen LogP contribution in [0.2, 0.25) is 0 Å². The second kappa shape index (κ2) is 2.05. The van der Waals surface area contributed by atoms with E-state index in [1.54, 1.807) is 0 Å². The van der Waals surface area contributed by atoms with Crippen LogP contribution in [0.1, 0.15) is 0 Å². The van der Waals surface area contributed by atoms with Crippen molar-refractivity contribution in [3.05, 3.63) is 0 Å². The van der Waals surface area contributed by atoms with Crippen LogP contribution in [0.15, 0.2) is 0 Å². The molecular weight excluding hydrogens is 119 g/mol. The van der Waals surface area contributed by atoms with Crippen LogP contribution in [0.3, 0.4) is 0 Å². The van der Waals surface area contributed by atoms with E-state index in [1.165, 1.54) is 11.3 Å². The summed E-state index contributed by atoms with van der Waals surface area (Å²) in [6.45, 7) is 0. The normalized spacial score (nSPS) is 12.3. The van der Waals surface area contributed by atoms with Gasteiger partial charge in [0.2, 0.25) is 0 Å². The van der Waals surface area contributed by atoms with Crippen LogP contribution in [-0.2, 0) is 0 Å². The molecule has 0 aromatic rings. The summed E-state index contributed by atoms with van der Waals surface area (Å²) in [4.78, 5) is 23.8. The van der Waals surface area contributed by atoms with Gasteiger partial charge in [0, 0.05) is 0 Å². The number of hydrogen-bond acceptors (Lipinski definition) is 5. The Morgan fingerprint density at radius 1 is 1.43 bits per heavy atom. The molecule has 0 rings (SSSR count). The molecule has 0 aliphatic carbocycles. The second-order valence-corrected chi connectivity index (χ2v) is 2.39. The summed E-state index contributed by atoms with van der Waals surface area (Å²) in [6.07, 6.45) is 1.17. The van der Waals surface area contributed by atoms with Gasteiger partial charge in [-0.25, -0.2) is 0 Å². The zero-order chi connectivity index (χ0) is 5.91. The summed E-state index contributed by atoms with van der Waals surface area (Å²) < 4.78 is 0. The zero-order valence-electron chi connectivity index (χ0n) is 3.29. The first-order chi connectivity index (χ1) is 3.06. The first-order valence-electron chi connectivity index (χ1n) is 1.39. The predicted octanol–water partition coefficient (Wildman–Crippen LogP) is -1.56. The van der Waals surface area contributed by atoms with Gasteiger partial charge in [0.15, 0.2) is 0 Å². The second-order valence-electron chi connectivity index (χ2n) is 0.872. The Kier molecular flexibility index (Phi) is 1.93. The minimum atomic E-state index is -4.27. The molecule has 6 heteroatoms. The molecule has 0 unspecified atom stereocenters. The van der Waals surface area contributed by atoms with Crippen LogP contribution in [0, 0.1) is 11.5 Å². The molecule has 0 aliphatic rings. The molecule has 0 fully saturated rings. The Labute approximate surface area is 40.5 Å². The van der Waals surface area contributed by atoms with E-state index >= 15 is 0 Å².